The molecule has 0 saturated carbocycles. The molecule has 0 aliphatic carbocycles. The van der Waals surface area contributed by atoms with Crippen LogP contribution >= 0.6 is 12.2 Å². The Morgan fingerprint density at radius 3 is 2.11 bits per heavy atom. The van der Waals surface area contributed by atoms with Crippen LogP contribution < -0.4 is 5.73 Å². The number of likely N-dealkylation sites (N-methyl/N-ethyl adjacent to an activating group) is 1. The SMILES string of the molecule is CCCC(CCC)(C(=O)N(CC)CCOC)C(N)=S. The van der Waals surface area contributed by atoms with Crippen LogP contribution in [-0.2, 0) is 9.53 Å². The summed E-state index contributed by atoms with van der Waals surface area (Å²) < 4.78 is 5.06. The summed E-state index contributed by atoms with van der Waals surface area (Å²) in [5.74, 6) is 0.0586. The summed E-state index contributed by atoms with van der Waals surface area (Å²) in [5, 5.41) is 0. The number of hydrogen-bond donors (Lipinski definition) is 1. The van der Waals surface area contributed by atoms with Gasteiger partial charge >= 0.3 is 0 Å². The first kappa shape index (κ1) is 18.3. The van der Waals surface area contributed by atoms with Crippen molar-refractivity contribution in [2.75, 3.05) is 26.8 Å². The molecule has 0 fully saturated rings. The maximum absolute atomic E-state index is 12.8. The molecule has 112 valence electrons. The fraction of sp³-hybridized carbons (Fsp3) is 0.857. The predicted octanol–water partition coefficient (Wildman–Crippen LogP) is 2.35. The van der Waals surface area contributed by atoms with Gasteiger partial charge in [-0.3, -0.25) is 4.79 Å². The lowest BCUT2D eigenvalue weighted by atomic mass is 9.77. The van der Waals surface area contributed by atoms with Crippen LogP contribution in [0.4, 0.5) is 0 Å². The summed E-state index contributed by atoms with van der Waals surface area (Å²) in [4.78, 5) is 15.0. The summed E-state index contributed by atoms with van der Waals surface area (Å²) in [5.41, 5.74) is 5.24. The van der Waals surface area contributed by atoms with Crippen LogP contribution in [0.15, 0.2) is 0 Å². The summed E-state index contributed by atoms with van der Waals surface area (Å²) in [7, 11) is 1.64. The zero-order valence-electron chi connectivity index (χ0n) is 12.7. The van der Waals surface area contributed by atoms with Gasteiger partial charge in [0.15, 0.2) is 0 Å². The van der Waals surface area contributed by atoms with Gasteiger partial charge in [-0.05, 0) is 19.8 Å². The van der Waals surface area contributed by atoms with Crippen LogP contribution in [0.2, 0.25) is 0 Å². The number of nitrogens with zero attached hydrogens (tertiary/aromatic N) is 1. The molecule has 19 heavy (non-hydrogen) atoms. The van der Waals surface area contributed by atoms with Gasteiger partial charge in [-0.2, -0.15) is 0 Å². The number of carbonyl (C=O) groups is 1. The van der Waals surface area contributed by atoms with Gasteiger partial charge in [-0.1, -0.05) is 38.9 Å². The van der Waals surface area contributed by atoms with E-state index >= 15 is 0 Å². The smallest absolute Gasteiger partial charge is 0.235 e. The average molecular weight is 288 g/mol. The molecule has 0 rings (SSSR count). The van der Waals surface area contributed by atoms with Gasteiger partial charge in [-0.25, -0.2) is 0 Å². The van der Waals surface area contributed by atoms with E-state index in [2.05, 4.69) is 13.8 Å². The van der Waals surface area contributed by atoms with E-state index in [4.69, 9.17) is 22.7 Å². The van der Waals surface area contributed by atoms with Crippen LogP contribution in [0.3, 0.4) is 0 Å². The molecular weight excluding hydrogens is 260 g/mol. The minimum absolute atomic E-state index is 0.0586. The van der Waals surface area contributed by atoms with Crippen LogP contribution in [0.25, 0.3) is 0 Å². The van der Waals surface area contributed by atoms with E-state index in [0.717, 1.165) is 25.7 Å². The number of rotatable bonds is 10. The highest BCUT2D eigenvalue weighted by molar-refractivity contribution is 7.80. The molecule has 0 bridgehead atoms. The molecule has 5 heteroatoms. The van der Waals surface area contributed by atoms with Crippen molar-refractivity contribution in [2.24, 2.45) is 11.1 Å². The third kappa shape index (κ3) is 4.73. The molecule has 0 atom stereocenters. The molecule has 0 saturated heterocycles. The molecule has 0 unspecified atom stereocenters. The van der Waals surface area contributed by atoms with Crippen molar-refractivity contribution in [1.82, 2.24) is 4.90 Å². The number of ether oxygens (including phenoxy) is 1. The first-order chi connectivity index (χ1) is 8.99. The molecule has 4 nitrogen and oxygen atoms in total. The molecule has 0 radical (unpaired) electrons. The Bertz CT molecular complexity index is 289. The zero-order valence-corrected chi connectivity index (χ0v) is 13.5. The fourth-order valence-electron chi connectivity index (χ4n) is 2.45. The van der Waals surface area contributed by atoms with E-state index < -0.39 is 5.41 Å². The predicted molar refractivity (Wildman–Crippen MR) is 83.2 cm³/mol. The lowest BCUT2D eigenvalue weighted by Crippen LogP contribution is -2.51. The van der Waals surface area contributed by atoms with E-state index in [1.165, 1.54) is 0 Å². The van der Waals surface area contributed by atoms with E-state index in [0.29, 0.717) is 24.7 Å². The Morgan fingerprint density at radius 1 is 1.26 bits per heavy atom. The monoisotopic (exact) mass is 288 g/mol. The van der Waals surface area contributed by atoms with Crippen molar-refractivity contribution in [2.45, 2.75) is 46.5 Å². The standard InChI is InChI=1S/C14H28N2O2S/c1-5-8-14(9-6-2,12(15)19)13(17)16(7-3)10-11-18-4/h5-11H2,1-4H3,(H2,15,19). The third-order valence-corrected chi connectivity index (χ3v) is 3.86. The first-order valence-corrected chi connectivity index (χ1v) is 7.49. The molecule has 0 aliphatic rings. The Labute approximate surface area is 122 Å². The van der Waals surface area contributed by atoms with Crippen molar-refractivity contribution in [3.8, 4) is 0 Å². The van der Waals surface area contributed by atoms with Crippen molar-refractivity contribution in [3.63, 3.8) is 0 Å². The quantitative estimate of drug-likeness (QED) is 0.627. The van der Waals surface area contributed by atoms with Crippen LogP contribution in [0.5, 0.6) is 0 Å². The maximum atomic E-state index is 12.8. The van der Waals surface area contributed by atoms with Crippen LogP contribution in [0, 0.1) is 5.41 Å². The Hall–Kier alpha value is -0.680. The number of nitrogens with two attached hydrogens (primary N) is 1. The largest absolute Gasteiger partial charge is 0.392 e. The van der Waals surface area contributed by atoms with Gasteiger partial charge in [0.1, 0.15) is 0 Å². The first-order valence-electron chi connectivity index (χ1n) is 7.08. The van der Waals surface area contributed by atoms with Crippen molar-refractivity contribution in [1.29, 1.82) is 0 Å². The van der Waals surface area contributed by atoms with Gasteiger partial charge in [-0.15, -0.1) is 0 Å². The van der Waals surface area contributed by atoms with E-state index in [1.54, 1.807) is 12.0 Å². The average Bonchev–Trinajstić information content (AvgIpc) is 2.38. The van der Waals surface area contributed by atoms with Crippen LogP contribution in [0.1, 0.15) is 46.5 Å². The molecular formula is C14H28N2O2S. The minimum atomic E-state index is -0.678. The summed E-state index contributed by atoms with van der Waals surface area (Å²) in [6, 6.07) is 0. The van der Waals surface area contributed by atoms with E-state index in [-0.39, 0.29) is 5.91 Å². The fourth-order valence-corrected chi connectivity index (χ4v) is 2.74. The van der Waals surface area contributed by atoms with E-state index in [9.17, 15) is 4.79 Å². The maximum Gasteiger partial charge on any atom is 0.235 e. The lowest BCUT2D eigenvalue weighted by Gasteiger charge is -2.36. The third-order valence-electron chi connectivity index (χ3n) is 3.47. The number of amides is 1. The van der Waals surface area contributed by atoms with Gasteiger partial charge in [0.25, 0.3) is 0 Å². The molecule has 0 aromatic carbocycles. The number of carbonyl (C=O) groups excluding carboxylic acids is 1. The molecule has 0 heterocycles. The number of methoxy groups -OCH3 is 1. The molecule has 1 amide bonds. The second-order valence-corrected chi connectivity index (χ2v) is 5.26. The van der Waals surface area contributed by atoms with Crippen molar-refractivity contribution in [3.05, 3.63) is 0 Å². The summed E-state index contributed by atoms with van der Waals surface area (Å²) >= 11 is 5.22. The molecule has 0 aromatic rings. The highest BCUT2D eigenvalue weighted by Crippen LogP contribution is 2.33. The second-order valence-electron chi connectivity index (χ2n) is 4.82. The number of hydrogen-bond acceptors (Lipinski definition) is 3. The lowest BCUT2D eigenvalue weighted by molar-refractivity contribution is -0.139. The van der Waals surface area contributed by atoms with Gasteiger partial charge in [0.2, 0.25) is 5.91 Å². The van der Waals surface area contributed by atoms with Gasteiger partial charge < -0.3 is 15.4 Å². The topological polar surface area (TPSA) is 55.6 Å². The highest BCUT2D eigenvalue weighted by Gasteiger charge is 2.41. The Balaban J connectivity index is 5.20. The van der Waals surface area contributed by atoms with Gasteiger partial charge in [0.05, 0.1) is 17.0 Å². The van der Waals surface area contributed by atoms with Crippen molar-refractivity contribution >= 4 is 23.1 Å². The molecule has 2 N–H and O–H groups in total. The highest BCUT2D eigenvalue weighted by atomic mass is 32.1. The molecule has 0 aliphatic heterocycles. The Kier molecular flexibility index (Phi) is 8.93. The minimum Gasteiger partial charge on any atom is -0.392 e. The van der Waals surface area contributed by atoms with E-state index in [1.807, 2.05) is 6.92 Å². The second kappa shape index (κ2) is 9.26. The zero-order chi connectivity index (χ0) is 14.9. The normalized spacial score (nSPS) is 11.4. The summed E-state index contributed by atoms with van der Waals surface area (Å²) in [6.45, 7) is 7.85. The Morgan fingerprint density at radius 2 is 1.79 bits per heavy atom. The summed E-state index contributed by atoms with van der Waals surface area (Å²) in [6.07, 6.45) is 3.23. The number of thiocarbonyl (C=S) groups is 1. The van der Waals surface area contributed by atoms with Crippen LogP contribution in [-0.4, -0.2) is 42.6 Å². The van der Waals surface area contributed by atoms with Gasteiger partial charge in [0, 0.05) is 20.2 Å². The molecule has 0 aromatic heterocycles. The molecule has 0 spiro atoms. The van der Waals surface area contributed by atoms with Crippen molar-refractivity contribution < 1.29 is 9.53 Å².